The van der Waals surface area contributed by atoms with Crippen molar-refractivity contribution in [2.75, 3.05) is 6.54 Å². The Morgan fingerprint density at radius 1 is 1.26 bits per heavy atom. The van der Waals surface area contributed by atoms with Crippen LogP contribution in [0.4, 0.5) is 0 Å². The fourth-order valence-corrected chi connectivity index (χ4v) is 2.98. The number of rotatable bonds is 3. The van der Waals surface area contributed by atoms with E-state index in [0.717, 1.165) is 13.0 Å². The molecule has 1 atom stereocenters. The van der Waals surface area contributed by atoms with E-state index in [4.69, 9.17) is 0 Å². The highest BCUT2D eigenvalue weighted by molar-refractivity contribution is 5.29. The van der Waals surface area contributed by atoms with Crippen molar-refractivity contribution in [2.45, 2.75) is 31.7 Å². The van der Waals surface area contributed by atoms with Gasteiger partial charge in [0.15, 0.2) is 0 Å². The van der Waals surface area contributed by atoms with Crippen molar-refractivity contribution < 1.29 is 0 Å². The van der Waals surface area contributed by atoms with Gasteiger partial charge in [-0.3, -0.25) is 4.68 Å². The normalized spacial score (nSPS) is 19.5. The Hall–Kier alpha value is -1.61. The van der Waals surface area contributed by atoms with E-state index >= 15 is 0 Å². The summed E-state index contributed by atoms with van der Waals surface area (Å²) in [5, 5.41) is 8.09. The summed E-state index contributed by atoms with van der Waals surface area (Å²) < 4.78 is 2.04. The first-order chi connectivity index (χ1) is 9.34. The molecule has 1 unspecified atom stereocenters. The summed E-state index contributed by atoms with van der Waals surface area (Å²) in [6.07, 6.45) is 6.83. The Morgan fingerprint density at radius 3 is 2.84 bits per heavy atom. The third-order valence-electron chi connectivity index (χ3n) is 3.94. The molecule has 0 saturated carbocycles. The highest BCUT2D eigenvalue weighted by Gasteiger charge is 2.21. The van der Waals surface area contributed by atoms with Crippen LogP contribution in [0.5, 0.6) is 0 Å². The lowest BCUT2D eigenvalue weighted by Gasteiger charge is -2.25. The Kier molecular flexibility index (Phi) is 3.65. The van der Waals surface area contributed by atoms with E-state index in [-0.39, 0.29) is 0 Å². The first-order valence-electron chi connectivity index (χ1n) is 7.12. The zero-order valence-corrected chi connectivity index (χ0v) is 11.5. The minimum atomic E-state index is 0.472. The van der Waals surface area contributed by atoms with Crippen LogP contribution in [0.3, 0.4) is 0 Å². The topological polar surface area (TPSA) is 29.9 Å². The van der Waals surface area contributed by atoms with Crippen LogP contribution in [0, 0.1) is 0 Å². The van der Waals surface area contributed by atoms with Crippen molar-refractivity contribution in [2.24, 2.45) is 7.05 Å². The highest BCUT2D eigenvalue weighted by Crippen LogP contribution is 2.26. The van der Waals surface area contributed by atoms with Gasteiger partial charge in [-0.05, 0) is 30.5 Å². The van der Waals surface area contributed by atoms with Gasteiger partial charge in [0.05, 0.1) is 11.9 Å². The van der Waals surface area contributed by atoms with Crippen molar-refractivity contribution in [1.82, 2.24) is 15.1 Å². The minimum absolute atomic E-state index is 0.472. The van der Waals surface area contributed by atoms with E-state index in [1.54, 1.807) is 0 Å². The molecule has 1 fully saturated rings. The molecule has 1 aliphatic heterocycles. The van der Waals surface area contributed by atoms with Crippen molar-refractivity contribution in [3.63, 3.8) is 0 Å². The number of piperidine rings is 1. The number of nitrogens with one attached hydrogen (secondary N) is 1. The predicted octanol–water partition coefficient (Wildman–Crippen LogP) is 2.83. The Balaban J connectivity index is 1.85. The predicted molar refractivity (Wildman–Crippen MR) is 77.1 cm³/mol. The van der Waals surface area contributed by atoms with Gasteiger partial charge in [-0.2, -0.15) is 5.10 Å². The van der Waals surface area contributed by atoms with Gasteiger partial charge in [0.2, 0.25) is 0 Å². The molecule has 3 nitrogen and oxygen atoms in total. The third-order valence-corrected chi connectivity index (χ3v) is 3.94. The molecule has 19 heavy (non-hydrogen) atoms. The van der Waals surface area contributed by atoms with Gasteiger partial charge in [0.1, 0.15) is 0 Å². The second kappa shape index (κ2) is 5.57. The van der Waals surface area contributed by atoms with Crippen LogP contribution < -0.4 is 5.32 Å². The van der Waals surface area contributed by atoms with Crippen molar-refractivity contribution in [1.29, 1.82) is 0 Å². The lowest BCUT2D eigenvalue weighted by Crippen LogP contribution is -2.29. The van der Waals surface area contributed by atoms with Gasteiger partial charge in [-0.1, -0.05) is 36.8 Å². The minimum Gasteiger partial charge on any atom is -0.309 e. The molecule has 0 bridgehead atoms. The zero-order chi connectivity index (χ0) is 13.1. The van der Waals surface area contributed by atoms with Crippen LogP contribution in [0.2, 0.25) is 0 Å². The van der Waals surface area contributed by atoms with Gasteiger partial charge in [0.25, 0.3) is 0 Å². The maximum atomic E-state index is 4.46. The fraction of sp³-hybridized carbons (Fsp3) is 0.438. The van der Waals surface area contributed by atoms with Crippen LogP contribution >= 0.6 is 0 Å². The Labute approximate surface area is 114 Å². The summed E-state index contributed by atoms with van der Waals surface area (Å²) in [5.74, 6) is 0. The first-order valence-corrected chi connectivity index (χ1v) is 7.12. The van der Waals surface area contributed by atoms with Crippen LogP contribution in [0.1, 0.15) is 42.1 Å². The van der Waals surface area contributed by atoms with E-state index in [0.29, 0.717) is 6.04 Å². The van der Waals surface area contributed by atoms with Gasteiger partial charge in [-0.25, -0.2) is 0 Å². The monoisotopic (exact) mass is 255 g/mol. The number of hydrogen-bond acceptors (Lipinski definition) is 2. The molecular formula is C16H21N3. The molecule has 1 aliphatic rings. The molecule has 2 heterocycles. The van der Waals surface area contributed by atoms with E-state index in [1.165, 1.54) is 36.1 Å². The maximum Gasteiger partial charge on any atom is 0.0585 e. The highest BCUT2D eigenvalue weighted by atomic mass is 15.3. The summed E-state index contributed by atoms with van der Waals surface area (Å²) in [6, 6.07) is 11.1. The molecule has 100 valence electrons. The quantitative estimate of drug-likeness (QED) is 0.914. The van der Waals surface area contributed by atoms with Crippen molar-refractivity contribution in [3.05, 3.63) is 53.3 Å². The largest absolute Gasteiger partial charge is 0.309 e. The Bertz CT molecular complexity index is 524. The molecule has 1 N–H and O–H groups in total. The average molecular weight is 255 g/mol. The molecule has 0 spiro atoms. The molecule has 3 rings (SSSR count). The standard InChI is InChI=1S/C16H21N3/c1-19-16(15-9-5-6-10-17-15)14(12-18-19)11-13-7-3-2-4-8-13/h2-4,7-8,12,15,17H,5-6,9-11H2,1H3. The molecule has 2 aromatic rings. The van der Waals surface area contributed by atoms with E-state index in [2.05, 4.69) is 47.8 Å². The summed E-state index contributed by atoms with van der Waals surface area (Å²) in [4.78, 5) is 0. The first kappa shape index (κ1) is 12.4. The molecule has 1 aromatic carbocycles. The van der Waals surface area contributed by atoms with Gasteiger partial charge in [-0.15, -0.1) is 0 Å². The van der Waals surface area contributed by atoms with Gasteiger partial charge in [0, 0.05) is 19.5 Å². The molecule has 1 saturated heterocycles. The fourth-order valence-electron chi connectivity index (χ4n) is 2.98. The summed E-state index contributed by atoms with van der Waals surface area (Å²) in [5.41, 5.74) is 4.07. The molecule has 1 aromatic heterocycles. The lowest BCUT2D eigenvalue weighted by molar-refractivity contribution is 0.392. The molecule has 0 amide bonds. The zero-order valence-electron chi connectivity index (χ0n) is 11.5. The van der Waals surface area contributed by atoms with Crippen LogP contribution in [0.25, 0.3) is 0 Å². The van der Waals surface area contributed by atoms with E-state index in [1.807, 2.05) is 10.9 Å². The SMILES string of the molecule is Cn1ncc(Cc2ccccc2)c1C1CCCCN1. The number of benzene rings is 1. The van der Waals surface area contributed by atoms with E-state index < -0.39 is 0 Å². The second-order valence-corrected chi connectivity index (χ2v) is 5.34. The van der Waals surface area contributed by atoms with Crippen molar-refractivity contribution in [3.8, 4) is 0 Å². The second-order valence-electron chi connectivity index (χ2n) is 5.34. The Morgan fingerprint density at radius 2 is 2.11 bits per heavy atom. The number of hydrogen-bond donors (Lipinski definition) is 1. The number of nitrogens with zero attached hydrogens (tertiary/aromatic N) is 2. The summed E-state index contributed by atoms with van der Waals surface area (Å²) in [6.45, 7) is 1.13. The average Bonchev–Trinajstić information content (AvgIpc) is 2.82. The third kappa shape index (κ3) is 2.71. The van der Waals surface area contributed by atoms with Crippen LogP contribution in [-0.2, 0) is 13.5 Å². The van der Waals surface area contributed by atoms with Crippen molar-refractivity contribution >= 4 is 0 Å². The maximum absolute atomic E-state index is 4.46. The van der Waals surface area contributed by atoms with Gasteiger partial charge >= 0.3 is 0 Å². The molecule has 0 aliphatic carbocycles. The summed E-state index contributed by atoms with van der Waals surface area (Å²) >= 11 is 0. The number of aryl methyl sites for hydroxylation is 1. The van der Waals surface area contributed by atoms with Gasteiger partial charge < -0.3 is 5.32 Å². The smallest absolute Gasteiger partial charge is 0.0585 e. The molecular weight excluding hydrogens is 234 g/mol. The molecule has 3 heteroatoms. The molecule has 0 radical (unpaired) electrons. The van der Waals surface area contributed by atoms with E-state index in [9.17, 15) is 0 Å². The van der Waals surface area contributed by atoms with Crippen LogP contribution in [-0.4, -0.2) is 16.3 Å². The lowest BCUT2D eigenvalue weighted by atomic mass is 9.96. The summed E-state index contributed by atoms with van der Waals surface area (Å²) in [7, 11) is 2.06. The number of aromatic nitrogens is 2. The van der Waals surface area contributed by atoms with Crippen LogP contribution in [0.15, 0.2) is 36.5 Å².